The van der Waals surface area contributed by atoms with Crippen molar-refractivity contribution in [3.8, 4) is 0 Å². The van der Waals surface area contributed by atoms with Gasteiger partial charge in [-0.15, -0.1) is 0 Å². The standard InChI is InChI=1S/C13H24N4O/c1-6-7-14-11-8-12(16-10(2)15-11)17-13(3,4)9-18-5/h8H,6-7,9H2,1-5H3,(H2,14,15,16,17). The molecule has 0 saturated heterocycles. The van der Waals surface area contributed by atoms with Gasteiger partial charge in [-0.1, -0.05) is 6.92 Å². The van der Waals surface area contributed by atoms with Gasteiger partial charge in [0.25, 0.3) is 0 Å². The van der Waals surface area contributed by atoms with Gasteiger partial charge in [0.05, 0.1) is 12.1 Å². The molecule has 0 atom stereocenters. The van der Waals surface area contributed by atoms with E-state index >= 15 is 0 Å². The van der Waals surface area contributed by atoms with Crippen LogP contribution in [-0.2, 0) is 4.74 Å². The summed E-state index contributed by atoms with van der Waals surface area (Å²) < 4.78 is 5.18. The SMILES string of the molecule is CCCNc1cc(NC(C)(C)COC)nc(C)n1. The number of nitrogens with zero attached hydrogens (tertiary/aromatic N) is 2. The van der Waals surface area contributed by atoms with E-state index in [2.05, 4.69) is 41.4 Å². The number of hydrogen-bond donors (Lipinski definition) is 2. The van der Waals surface area contributed by atoms with Gasteiger partial charge in [-0.2, -0.15) is 0 Å². The van der Waals surface area contributed by atoms with Crippen LogP contribution in [0.1, 0.15) is 33.0 Å². The van der Waals surface area contributed by atoms with Crippen molar-refractivity contribution in [3.63, 3.8) is 0 Å². The molecule has 0 aromatic carbocycles. The molecule has 0 aliphatic carbocycles. The second kappa shape index (κ2) is 6.54. The molecule has 0 unspecified atom stereocenters. The number of ether oxygens (including phenoxy) is 1. The normalized spacial score (nSPS) is 11.4. The highest BCUT2D eigenvalue weighted by atomic mass is 16.5. The van der Waals surface area contributed by atoms with E-state index in [9.17, 15) is 0 Å². The monoisotopic (exact) mass is 252 g/mol. The number of aromatic nitrogens is 2. The van der Waals surface area contributed by atoms with E-state index in [4.69, 9.17) is 4.74 Å². The Labute approximate surface area is 109 Å². The molecule has 0 amide bonds. The van der Waals surface area contributed by atoms with Crippen molar-refractivity contribution in [2.75, 3.05) is 30.9 Å². The second-order valence-corrected chi connectivity index (χ2v) is 5.05. The molecule has 0 saturated carbocycles. The van der Waals surface area contributed by atoms with Crippen molar-refractivity contribution in [1.82, 2.24) is 9.97 Å². The fourth-order valence-electron chi connectivity index (χ4n) is 1.72. The summed E-state index contributed by atoms with van der Waals surface area (Å²) in [5.41, 5.74) is -0.155. The van der Waals surface area contributed by atoms with Crippen LogP contribution in [0.5, 0.6) is 0 Å². The number of rotatable bonds is 7. The summed E-state index contributed by atoms with van der Waals surface area (Å²) in [5.74, 6) is 2.44. The van der Waals surface area contributed by atoms with Crippen molar-refractivity contribution < 1.29 is 4.74 Å². The van der Waals surface area contributed by atoms with Gasteiger partial charge in [0.15, 0.2) is 0 Å². The van der Waals surface area contributed by atoms with Gasteiger partial charge in [-0.3, -0.25) is 0 Å². The molecule has 5 heteroatoms. The van der Waals surface area contributed by atoms with Crippen molar-refractivity contribution in [2.45, 2.75) is 39.7 Å². The summed E-state index contributed by atoms with van der Waals surface area (Å²) in [4.78, 5) is 8.75. The summed E-state index contributed by atoms with van der Waals surface area (Å²) in [6.07, 6.45) is 1.07. The Morgan fingerprint density at radius 1 is 1.28 bits per heavy atom. The Bertz CT molecular complexity index is 379. The van der Waals surface area contributed by atoms with Crippen LogP contribution in [0.4, 0.5) is 11.6 Å². The Kier molecular flexibility index (Phi) is 5.34. The van der Waals surface area contributed by atoms with E-state index in [1.807, 2.05) is 13.0 Å². The molecular weight excluding hydrogens is 228 g/mol. The lowest BCUT2D eigenvalue weighted by molar-refractivity contribution is 0.158. The zero-order valence-corrected chi connectivity index (χ0v) is 12.0. The average Bonchev–Trinajstić information content (AvgIpc) is 2.24. The van der Waals surface area contributed by atoms with E-state index in [1.54, 1.807) is 7.11 Å². The average molecular weight is 252 g/mol. The van der Waals surface area contributed by atoms with Crippen LogP contribution in [0.15, 0.2) is 6.07 Å². The number of aryl methyl sites for hydroxylation is 1. The van der Waals surface area contributed by atoms with Crippen LogP contribution < -0.4 is 10.6 Å². The first-order valence-electron chi connectivity index (χ1n) is 6.33. The predicted octanol–water partition coefficient (Wildman–Crippen LogP) is 2.44. The van der Waals surface area contributed by atoms with Crippen LogP contribution >= 0.6 is 0 Å². The molecule has 0 aliphatic rings. The van der Waals surface area contributed by atoms with Gasteiger partial charge in [-0.25, -0.2) is 9.97 Å². The fraction of sp³-hybridized carbons (Fsp3) is 0.692. The molecule has 0 spiro atoms. The smallest absolute Gasteiger partial charge is 0.132 e. The maximum Gasteiger partial charge on any atom is 0.132 e. The lowest BCUT2D eigenvalue weighted by Gasteiger charge is -2.26. The molecule has 5 nitrogen and oxygen atoms in total. The van der Waals surface area contributed by atoms with Crippen LogP contribution in [0, 0.1) is 6.92 Å². The molecule has 1 rings (SSSR count). The third-order valence-electron chi connectivity index (χ3n) is 2.37. The lowest BCUT2D eigenvalue weighted by Crippen LogP contribution is -2.36. The van der Waals surface area contributed by atoms with Crippen LogP contribution in [0.2, 0.25) is 0 Å². The van der Waals surface area contributed by atoms with E-state index in [-0.39, 0.29) is 5.54 Å². The van der Waals surface area contributed by atoms with Crippen molar-refractivity contribution in [3.05, 3.63) is 11.9 Å². The number of hydrogen-bond acceptors (Lipinski definition) is 5. The van der Waals surface area contributed by atoms with Gasteiger partial charge in [-0.05, 0) is 27.2 Å². The minimum atomic E-state index is -0.155. The highest BCUT2D eigenvalue weighted by Gasteiger charge is 2.18. The van der Waals surface area contributed by atoms with E-state index < -0.39 is 0 Å². The van der Waals surface area contributed by atoms with Gasteiger partial charge < -0.3 is 15.4 Å². The summed E-state index contributed by atoms with van der Waals surface area (Å²) in [5, 5.41) is 6.63. The molecule has 0 bridgehead atoms. The zero-order chi connectivity index (χ0) is 13.6. The Morgan fingerprint density at radius 2 is 1.94 bits per heavy atom. The van der Waals surface area contributed by atoms with E-state index in [0.717, 1.165) is 30.4 Å². The van der Waals surface area contributed by atoms with E-state index in [1.165, 1.54) is 0 Å². The maximum absolute atomic E-state index is 5.18. The molecule has 2 N–H and O–H groups in total. The highest BCUT2D eigenvalue weighted by molar-refractivity contribution is 5.48. The molecule has 102 valence electrons. The Balaban J connectivity index is 2.79. The molecule has 1 aromatic rings. The molecule has 0 aliphatic heterocycles. The molecular formula is C13H24N4O. The van der Waals surface area contributed by atoms with Gasteiger partial charge in [0.2, 0.25) is 0 Å². The van der Waals surface area contributed by atoms with Gasteiger partial charge >= 0.3 is 0 Å². The Morgan fingerprint density at radius 3 is 2.56 bits per heavy atom. The summed E-state index contributed by atoms with van der Waals surface area (Å²) >= 11 is 0. The first-order chi connectivity index (χ1) is 8.46. The fourth-order valence-corrected chi connectivity index (χ4v) is 1.72. The van der Waals surface area contributed by atoms with Gasteiger partial charge in [0.1, 0.15) is 17.5 Å². The minimum absolute atomic E-state index is 0.155. The Hall–Kier alpha value is -1.36. The van der Waals surface area contributed by atoms with Gasteiger partial charge in [0, 0.05) is 19.7 Å². The van der Waals surface area contributed by atoms with Crippen molar-refractivity contribution in [1.29, 1.82) is 0 Å². The number of nitrogens with one attached hydrogen (secondary N) is 2. The first kappa shape index (κ1) is 14.7. The molecule has 0 radical (unpaired) electrons. The lowest BCUT2D eigenvalue weighted by atomic mass is 10.1. The first-order valence-corrected chi connectivity index (χ1v) is 6.33. The van der Waals surface area contributed by atoms with Crippen LogP contribution in [-0.4, -0.2) is 35.8 Å². The topological polar surface area (TPSA) is 59.1 Å². The van der Waals surface area contributed by atoms with Crippen molar-refractivity contribution >= 4 is 11.6 Å². The molecule has 1 heterocycles. The molecule has 0 fully saturated rings. The number of methoxy groups -OCH3 is 1. The highest BCUT2D eigenvalue weighted by Crippen LogP contribution is 2.16. The second-order valence-electron chi connectivity index (χ2n) is 5.05. The maximum atomic E-state index is 5.18. The minimum Gasteiger partial charge on any atom is -0.382 e. The summed E-state index contributed by atoms with van der Waals surface area (Å²) in [6, 6.07) is 1.93. The largest absolute Gasteiger partial charge is 0.382 e. The summed E-state index contributed by atoms with van der Waals surface area (Å²) in [7, 11) is 1.70. The van der Waals surface area contributed by atoms with E-state index in [0.29, 0.717) is 6.61 Å². The van der Waals surface area contributed by atoms with Crippen LogP contribution in [0.3, 0.4) is 0 Å². The zero-order valence-electron chi connectivity index (χ0n) is 12.0. The molecule has 1 aromatic heterocycles. The number of anilines is 2. The van der Waals surface area contributed by atoms with Crippen molar-refractivity contribution in [2.24, 2.45) is 0 Å². The quantitative estimate of drug-likeness (QED) is 0.780. The third-order valence-corrected chi connectivity index (χ3v) is 2.37. The third kappa shape index (κ3) is 4.87. The molecule has 18 heavy (non-hydrogen) atoms. The van der Waals surface area contributed by atoms with Crippen LogP contribution in [0.25, 0.3) is 0 Å². The predicted molar refractivity (Wildman–Crippen MR) is 75.1 cm³/mol. The summed E-state index contributed by atoms with van der Waals surface area (Å²) in [6.45, 7) is 9.71.